The Morgan fingerprint density at radius 2 is 0.706 bits per heavy atom. The first-order chi connectivity index (χ1) is 53.0. The van der Waals surface area contributed by atoms with Gasteiger partial charge in [0.1, 0.15) is 30.5 Å². The predicted molar refractivity (Wildman–Crippen MR) is 443 cm³/mol. The normalized spacial score (nSPS) is 18.2. The first kappa shape index (κ1) is 102. The highest BCUT2D eigenvalue weighted by molar-refractivity contribution is 7.46. The van der Waals surface area contributed by atoms with Crippen molar-refractivity contribution in [2.75, 3.05) is 13.2 Å². The van der Waals surface area contributed by atoms with Gasteiger partial charge in [-0.3, -0.25) is 33.3 Å². The number of ether oxygens (including phenoxy) is 5. The number of rotatable bonds is 77. The van der Waals surface area contributed by atoms with Crippen LogP contribution in [0.2, 0.25) is 0 Å². The Labute approximate surface area is 666 Å². The second kappa shape index (κ2) is 70.3. The summed E-state index contributed by atoms with van der Waals surface area (Å²) in [4.78, 5) is 109. The highest BCUT2D eigenvalue weighted by Crippen LogP contribution is 2.43. The Kier molecular flexibility index (Phi) is 65.7. The largest absolute Gasteiger partial charge is 0.470 e. The minimum Gasteiger partial charge on any atom is -0.462 e. The number of phosphoric ester groups is 1. The van der Waals surface area contributed by atoms with Crippen LogP contribution >= 0.6 is 7.82 Å². The first-order valence-electron chi connectivity index (χ1n) is 46.4. The SMILES string of the molecule is CCCCCCCCCCCC(=O)O[C@H](CCCCCCCCCCC)CC(=O)NC1[C@H](CC[C@@H]2CCCN2C(=O)C[C@@H](CCCCCCCCCCC)OC(=O)CCCCCCCCCCC)OC(CO)[C@H](OP(=O)(O)O)[C@@H]1OC(=O)C[C@@H](CCCCCCCCCCC)OC(=O)CCCCCCCCCCC. The van der Waals surface area contributed by atoms with E-state index >= 15 is 4.79 Å². The van der Waals surface area contributed by atoms with Gasteiger partial charge in [0, 0.05) is 31.8 Å². The fourth-order valence-electron chi connectivity index (χ4n) is 16.1. The molecule has 2 rings (SSSR count). The van der Waals surface area contributed by atoms with Gasteiger partial charge in [0.15, 0.2) is 6.10 Å². The van der Waals surface area contributed by atoms with E-state index < -0.39 is 81.0 Å². The summed E-state index contributed by atoms with van der Waals surface area (Å²) in [6.45, 7) is 13.0. The minimum absolute atomic E-state index is 0.0420. The third-order valence-electron chi connectivity index (χ3n) is 22.8. The lowest BCUT2D eigenvalue weighted by molar-refractivity contribution is -0.210. The summed E-state index contributed by atoms with van der Waals surface area (Å²) in [7, 11) is -5.44. The van der Waals surface area contributed by atoms with E-state index in [2.05, 4.69) is 46.9 Å². The average Bonchev–Trinajstić information content (AvgIpc) is 0.793. The van der Waals surface area contributed by atoms with Crippen molar-refractivity contribution in [1.82, 2.24) is 10.2 Å². The maximum atomic E-state index is 15.1. The van der Waals surface area contributed by atoms with Gasteiger partial charge in [0.05, 0.1) is 38.0 Å². The number of hydrogen-bond acceptors (Lipinski definition) is 14. The molecule has 9 atom stereocenters. The van der Waals surface area contributed by atoms with Crippen molar-refractivity contribution in [3.63, 3.8) is 0 Å². The molecule has 4 N–H and O–H groups in total. The van der Waals surface area contributed by atoms with Crippen molar-refractivity contribution in [2.45, 2.75) is 527 Å². The molecule has 0 aromatic heterocycles. The number of amides is 2. The molecular formula is C90H169N2O16P. The molecule has 0 aromatic rings. The molecule has 0 radical (unpaired) electrons. The molecule has 2 saturated heterocycles. The zero-order valence-electron chi connectivity index (χ0n) is 71.0. The van der Waals surface area contributed by atoms with Gasteiger partial charge in [-0.05, 0) is 83.5 Å². The maximum absolute atomic E-state index is 15.1. The Hall–Kier alpha value is -3.15. The van der Waals surface area contributed by atoms with Gasteiger partial charge in [-0.2, -0.15) is 0 Å². The number of unbranched alkanes of at least 4 members (excludes halogenated alkanes) is 48. The van der Waals surface area contributed by atoms with Gasteiger partial charge in [-0.15, -0.1) is 0 Å². The van der Waals surface area contributed by atoms with Crippen LogP contribution in [0.3, 0.4) is 0 Å². The number of nitrogens with one attached hydrogen (secondary N) is 1. The number of esters is 4. The summed E-state index contributed by atoms with van der Waals surface area (Å²) in [5.41, 5.74) is 0. The first-order valence-corrected chi connectivity index (χ1v) is 47.9. The van der Waals surface area contributed by atoms with Crippen LogP contribution in [0.1, 0.15) is 472 Å². The summed E-state index contributed by atoms with van der Waals surface area (Å²) in [5.74, 6) is -2.63. The Morgan fingerprint density at radius 1 is 0.394 bits per heavy atom. The molecule has 2 unspecified atom stereocenters. The van der Waals surface area contributed by atoms with Crippen molar-refractivity contribution in [3.05, 3.63) is 0 Å². The topological polar surface area (TPSA) is 251 Å². The summed E-state index contributed by atoms with van der Waals surface area (Å²) in [6.07, 6.45) is 54.1. The monoisotopic (exact) mass is 1570 g/mol. The molecule has 2 fully saturated rings. The van der Waals surface area contributed by atoms with Gasteiger partial charge in [0.2, 0.25) is 11.8 Å². The second-order valence-corrected chi connectivity index (χ2v) is 34.2. The van der Waals surface area contributed by atoms with Crippen molar-refractivity contribution in [3.8, 4) is 0 Å². The number of nitrogens with zero attached hydrogens (tertiary/aromatic N) is 1. The molecular weight excluding hydrogens is 1400 g/mol. The zero-order valence-corrected chi connectivity index (χ0v) is 71.9. The molecule has 640 valence electrons. The standard InChI is InChI=1S/C90H169N2O16P/c1-7-13-19-25-31-37-43-49-55-63-77(103-84(96)66-58-52-46-40-34-28-22-16-10-4)72-82(94)91-88-80(70-69-76-62-61-71-92(76)83(95)73-78(64-56-50-44-38-32-26-20-14-8-2)104-85(97)67-59-53-47-41-35-29-23-17-11-5)106-81(75-93)89(108-109(100,101)102)90(88)107-87(99)74-79(65-57-51-45-39-33-27-21-15-9-3)105-86(98)68-60-54-48-42-36-30-24-18-12-6/h76-81,88-90,93H,7-75H2,1-6H3,(H,91,94)(H2,100,101,102)/t76-,77+,78+,79+,80-,81?,88?,89-,90+/m0/s1. The van der Waals surface area contributed by atoms with E-state index in [9.17, 15) is 43.4 Å². The lowest BCUT2D eigenvalue weighted by atomic mass is 9.88. The zero-order chi connectivity index (χ0) is 79.5. The van der Waals surface area contributed by atoms with Crippen LogP contribution in [0.15, 0.2) is 0 Å². The van der Waals surface area contributed by atoms with E-state index in [-0.39, 0.29) is 62.4 Å². The lowest BCUT2D eigenvalue weighted by Gasteiger charge is -2.46. The van der Waals surface area contributed by atoms with Crippen LogP contribution in [0.5, 0.6) is 0 Å². The average molecular weight is 1570 g/mol. The molecule has 2 amide bonds. The highest BCUT2D eigenvalue weighted by Gasteiger charge is 2.52. The fraction of sp³-hybridized carbons (Fsp3) is 0.933. The molecule has 0 spiro atoms. The number of aliphatic hydroxyl groups excluding tert-OH is 1. The molecule has 2 aliphatic rings. The van der Waals surface area contributed by atoms with Gasteiger partial charge in [-0.25, -0.2) is 4.57 Å². The Balaban J connectivity index is 2.62. The molecule has 0 aromatic carbocycles. The number of carbonyl (C=O) groups excluding carboxylic acids is 6. The van der Waals surface area contributed by atoms with Crippen molar-refractivity contribution < 1.29 is 76.4 Å². The number of phosphoric acid groups is 1. The summed E-state index contributed by atoms with van der Waals surface area (Å²) in [6, 6.07) is -1.66. The van der Waals surface area contributed by atoms with E-state index in [0.29, 0.717) is 77.2 Å². The van der Waals surface area contributed by atoms with E-state index in [4.69, 9.17) is 28.2 Å². The van der Waals surface area contributed by atoms with E-state index in [1.807, 2.05) is 4.90 Å². The van der Waals surface area contributed by atoms with Crippen molar-refractivity contribution >= 4 is 43.5 Å². The number of aliphatic hydroxyl groups is 1. The number of likely N-dealkylation sites (tertiary alicyclic amines) is 1. The molecule has 2 heterocycles. The van der Waals surface area contributed by atoms with Crippen LogP contribution in [0.4, 0.5) is 0 Å². The van der Waals surface area contributed by atoms with Crippen LogP contribution in [-0.2, 0) is 61.5 Å². The van der Waals surface area contributed by atoms with Gasteiger partial charge < -0.3 is 48.8 Å². The quantitative estimate of drug-likeness (QED) is 0.0191. The number of hydrogen-bond donors (Lipinski definition) is 4. The van der Waals surface area contributed by atoms with Gasteiger partial charge in [-0.1, -0.05) is 350 Å². The molecule has 109 heavy (non-hydrogen) atoms. The van der Waals surface area contributed by atoms with Gasteiger partial charge >= 0.3 is 31.7 Å². The van der Waals surface area contributed by atoms with Crippen LogP contribution in [0, 0.1) is 0 Å². The third-order valence-corrected chi connectivity index (χ3v) is 23.3. The summed E-state index contributed by atoms with van der Waals surface area (Å²) >= 11 is 0. The molecule has 0 saturated carbocycles. The smallest absolute Gasteiger partial charge is 0.462 e. The second-order valence-electron chi connectivity index (χ2n) is 33.0. The van der Waals surface area contributed by atoms with Crippen LogP contribution < -0.4 is 5.32 Å². The predicted octanol–water partition coefficient (Wildman–Crippen LogP) is 23.8. The number of carbonyl (C=O) groups is 6. The summed E-state index contributed by atoms with van der Waals surface area (Å²) in [5, 5.41) is 14.2. The van der Waals surface area contributed by atoms with E-state index in [1.54, 1.807) is 0 Å². The van der Waals surface area contributed by atoms with Gasteiger partial charge in [0.25, 0.3) is 0 Å². The molecule has 19 heteroatoms. The highest BCUT2D eigenvalue weighted by atomic mass is 31.2. The Morgan fingerprint density at radius 3 is 1.04 bits per heavy atom. The minimum atomic E-state index is -5.44. The Bertz CT molecular complexity index is 2250. The van der Waals surface area contributed by atoms with Crippen LogP contribution in [-0.4, -0.2) is 123 Å². The summed E-state index contributed by atoms with van der Waals surface area (Å²) < 4.78 is 50.3. The maximum Gasteiger partial charge on any atom is 0.470 e. The molecule has 0 aliphatic carbocycles. The lowest BCUT2D eigenvalue weighted by Crippen LogP contribution is -2.66. The molecule has 18 nitrogen and oxygen atoms in total. The van der Waals surface area contributed by atoms with E-state index in [0.717, 1.165) is 141 Å². The third kappa shape index (κ3) is 55.9. The molecule has 2 aliphatic heterocycles. The van der Waals surface area contributed by atoms with E-state index in [1.165, 1.54) is 180 Å². The van der Waals surface area contributed by atoms with Crippen molar-refractivity contribution in [2.24, 2.45) is 0 Å². The molecule has 0 bridgehead atoms. The van der Waals surface area contributed by atoms with Crippen LogP contribution in [0.25, 0.3) is 0 Å². The van der Waals surface area contributed by atoms with Crippen molar-refractivity contribution in [1.29, 1.82) is 0 Å². The fourth-order valence-corrected chi connectivity index (χ4v) is 16.7.